The van der Waals surface area contributed by atoms with E-state index in [0.29, 0.717) is 17.6 Å². The van der Waals surface area contributed by atoms with Crippen molar-refractivity contribution in [3.63, 3.8) is 0 Å². The molecule has 7 nitrogen and oxygen atoms in total. The minimum Gasteiger partial charge on any atom is -0.359 e. The van der Waals surface area contributed by atoms with Gasteiger partial charge in [0.25, 0.3) is 0 Å². The second-order valence-corrected chi connectivity index (χ2v) is 6.77. The molecule has 1 saturated carbocycles. The number of halogens is 3. The van der Waals surface area contributed by atoms with Crippen LogP contribution in [-0.4, -0.2) is 52.0 Å². The average Bonchev–Trinajstić information content (AvgIpc) is 3.21. The van der Waals surface area contributed by atoms with Crippen molar-refractivity contribution in [2.75, 3.05) is 13.1 Å². The number of nitrogens with zero attached hydrogens (tertiary/aromatic N) is 3. The summed E-state index contributed by atoms with van der Waals surface area (Å²) in [5.41, 5.74) is -1.08. The fourth-order valence-corrected chi connectivity index (χ4v) is 2.61. The zero-order chi connectivity index (χ0) is 17.5. The van der Waals surface area contributed by atoms with Gasteiger partial charge in [0, 0.05) is 5.92 Å². The molecule has 2 aliphatic rings. The lowest BCUT2D eigenvalue weighted by Gasteiger charge is -2.43. The van der Waals surface area contributed by atoms with Gasteiger partial charge in [-0.2, -0.15) is 18.2 Å². The number of morpholine rings is 1. The summed E-state index contributed by atoms with van der Waals surface area (Å²) in [5, 5.41) is 6.28. The van der Waals surface area contributed by atoms with Gasteiger partial charge in [0.1, 0.15) is 0 Å². The highest BCUT2D eigenvalue weighted by Crippen LogP contribution is 2.38. The molecule has 10 heteroatoms. The molecule has 1 aliphatic carbocycles. The van der Waals surface area contributed by atoms with Gasteiger partial charge in [-0.05, 0) is 26.7 Å². The zero-order valence-corrected chi connectivity index (χ0v) is 13.4. The third-order valence-electron chi connectivity index (χ3n) is 3.88. The molecule has 1 aromatic heterocycles. The van der Waals surface area contributed by atoms with Crippen LogP contribution >= 0.6 is 0 Å². The normalized spacial score (nSPS) is 24.0. The monoisotopic (exact) mass is 348 g/mol. The molecule has 0 unspecified atom stereocenters. The second-order valence-electron chi connectivity index (χ2n) is 6.77. The number of nitrogens with one attached hydrogen (secondary N) is 1. The molecule has 24 heavy (non-hydrogen) atoms. The Bertz CT molecular complexity index is 613. The van der Waals surface area contributed by atoms with E-state index in [4.69, 9.17) is 9.26 Å². The molecular formula is C14H19F3N4O3. The van der Waals surface area contributed by atoms with Crippen molar-refractivity contribution in [2.24, 2.45) is 0 Å². The molecule has 3 rings (SSSR count). The Balaban J connectivity index is 1.58. The number of hydrogen-bond donors (Lipinski definition) is 1. The number of carbonyl (C=O) groups is 1. The number of ether oxygens (including phenoxy) is 1. The van der Waals surface area contributed by atoms with Crippen LogP contribution in [0.5, 0.6) is 0 Å². The number of urea groups is 1. The van der Waals surface area contributed by atoms with Crippen LogP contribution in [0, 0.1) is 0 Å². The number of amides is 2. The molecule has 2 fully saturated rings. The lowest BCUT2D eigenvalue weighted by Crippen LogP contribution is -2.60. The fourth-order valence-electron chi connectivity index (χ4n) is 2.61. The van der Waals surface area contributed by atoms with E-state index in [0.717, 1.165) is 17.7 Å². The maximum atomic E-state index is 12.9. The molecule has 1 aliphatic heterocycles. The minimum absolute atomic E-state index is 0.00350. The molecule has 1 saturated heterocycles. The Morgan fingerprint density at radius 3 is 2.75 bits per heavy atom. The predicted octanol–water partition coefficient (Wildman–Crippen LogP) is 2.20. The van der Waals surface area contributed by atoms with E-state index < -0.39 is 30.5 Å². The van der Waals surface area contributed by atoms with E-state index in [1.807, 2.05) is 0 Å². The first-order valence-corrected chi connectivity index (χ1v) is 7.74. The van der Waals surface area contributed by atoms with E-state index in [1.54, 1.807) is 0 Å². The van der Waals surface area contributed by atoms with Crippen LogP contribution in [0.1, 0.15) is 44.3 Å². The molecule has 134 valence electrons. The summed E-state index contributed by atoms with van der Waals surface area (Å²) >= 11 is 0. The molecule has 2 amide bonds. The van der Waals surface area contributed by atoms with Gasteiger partial charge in [-0.1, -0.05) is 5.16 Å². The Labute approximate surface area is 136 Å². The molecular weight excluding hydrogens is 329 g/mol. The van der Waals surface area contributed by atoms with Crippen LogP contribution in [0.3, 0.4) is 0 Å². The topological polar surface area (TPSA) is 80.5 Å². The van der Waals surface area contributed by atoms with Gasteiger partial charge in [0.05, 0.1) is 25.2 Å². The standard InChI is InChI=1S/C14H19F3N4O3/c1-13(2)7-21(6-9(23-13)14(15,16)17)12(22)18-5-10-19-11(24-20-10)8-3-4-8/h8-9H,3-7H2,1-2H3,(H,18,22)/t9-/m0/s1. The van der Waals surface area contributed by atoms with E-state index in [9.17, 15) is 18.0 Å². The molecule has 0 aromatic carbocycles. The number of rotatable bonds is 3. The number of carbonyl (C=O) groups excluding carboxylic acids is 1. The van der Waals surface area contributed by atoms with Crippen molar-refractivity contribution in [2.45, 2.75) is 57.0 Å². The zero-order valence-electron chi connectivity index (χ0n) is 13.4. The predicted molar refractivity (Wildman–Crippen MR) is 75.1 cm³/mol. The van der Waals surface area contributed by atoms with Crippen LogP contribution in [0.4, 0.5) is 18.0 Å². The smallest absolute Gasteiger partial charge is 0.359 e. The SMILES string of the molecule is CC1(C)CN(C(=O)NCc2noc(C3CC3)n2)C[C@@H](C(F)(F)F)O1. The summed E-state index contributed by atoms with van der Waals surface area (Å²) in [5.74, 6) is 1.16. The molecule has 0 bridgehead atoms. The number of hydrogen-bond acceptors (Lipinski definition) is 5. The lowest BCUT2D eigenvalue weighted by molar-refractivity contribution is -0.267. The van der Waals surface area contributed by atoms with Gasteiger partial charge < -0.3 is 19.5 Å². The first-order valence-electron chi connectivity index (χ1n) is 7.74. The Morgan fingerprint density at radius 1 is 1.42 bits per heavy atom. The quantitative estimate of drug-likeness (QED) is 0.906. The summed E-state index contributed by atoms with van der Waals surface area (Å²) in [4.78, 5) is 17.4. The van der Waals surface area contributed by atoms with E-state index >= 15 is 0 Å². The van der Waals surface area contributed by atoms with Gasteiger partial charge in [-0.3, -0.25) is 0 Å². The molecule has 0 spiro atoms. The van der Waals surface area contributed by atoms with Crippen LogP contribution < -0.4 is 5.32 Å². The van der Waals surface area contributed by atoms with Crippen molar-refractivity contribution in [3.8, 4) is 0 Å². The van der Waals surface area contributed by atoms with Crippen LogP contribution in [0.2, 0.25) is 0 Å². The maximum Gasteiger partial charge on any atom is 0.416 e. The van der Waals surface area contributed by atoms with Crippen molar-refractivity contribution in [3.05, 3.63) is 11.7 Å². The number of alkyl halides is 3. The largest absolute Gasteiger partial charge is 0.416 e. The van der Waals surface area contributed by atoms with Crippen molar-refractivity contribution in [1.29, 1.82) is 0 Å². The van der Waals surface area contributed by atoms with Crippen molar-refractivity contribution in [1.82, 2.24) is 20.4 Å². The summed E-state index contributed by atoms with van der Waals surface area (Å²) in [6.45, 7) is 2.56. The second kappa shape index (κ2) is 5.91. The Hall–Kier alpha value is -1.84. The Kier molecular flexibility index (Phi) is 4.18. The van der Waals surface area contributed by atoms with E-state index in [2.05, 4.69) is 15.5 Å². The highest BCUT2D eigenvalue weighted by molar-refractivity contribution is 5.74. The van der Waals surface area contributed by atoms with Crippen molar-refractivity contribution >= 4 is 6.03 Å². The van der Waals surface area contributed by atoms with Gasteiger partial charge >= 0.3 is 12.2 Å². The van der Waals surface area contributed by atoms with Gasteiger partial charge in [-0.25, -0.2) is 4.79 Å². The summed E-state index contributed by atoms with van der Waals surface area (Å²) < 4.78 is 48.9. The third-order valence-corrected chi connectivity index (χ3v) is 3.88. The first-order chi connectivity index (χ1) is 11.1. The van der Waals surface area contributed by atoms with Gasteiger partial charge in [0.15, 0.2) is 11.9 Å². The first kappa shape index (κ1) is 17.0. The van der Waals surface area contributed by atoms with E-state index in [1.165, 1.54) is 13.8 Å². The average molecular weight is 348 g/mol. The van der Waals surface area contributed by atoms with Crippen LogP contribution in [0.15, 0.2) is 4.52 Å². The summed E-state index contributed by atoms with van der Waals surface area (Å²) in [7, 11) is 0. The van der Waals surface area contributed by atoms with E-state index in [-0.39, 0.29) is 13.1 Å². The molecule has 0 radical (unpaired) electrons. The lowest BCUT2D eigenvalue weighted by atomic mass is 10.1. The van der Waals surface area contributed by atoms with Crippen molar-refractivity contribution < 1.29 is 27.2 Å². The maximum absolute atomic E-state index is 12.9. The molecule has 1 N–H and O–H groups in total. The van der Waals surface area contributed by atoms with Gasteiger partial charge in [-0.15, -0.1) is 0 Å². The Morgan fingerprint density at radius 2 is 2.12 bits per heavy atom. The van der Waals surface area contributed by atoms with Gasteiger partial charge in [0.2, 0.25) is 5.89 Å². The fraction of sp³-hybridized carbons (Fsp3) is 0.786. The highest BCUT2D eigenvalue weighted by atomic mass is 19.4. The minimum atomic E-state index is -4.52. The number of aromatic nitrogens is 2. The summed E-state index contributed by atoms with van der Waals surface area (Å²) in [6, 6.07) is -0.613. The summed E-state index contributed by atoms with van der Waals surface area (Å²) in [6.07, 6.45) is -4.51. The van der Waals surface area contributed by atoms with Crippen LogP contribution in [-0.2, 0) is 11.3 Å². The molecule has 1 atom stereocenters. The highest BCUT2D eigenvalue weighted by Gasteiger charge is 2.49. The van der Waals surface area contributed by atoms with Crippen LogP contribution in [0.25, 0.3) is 0 Å². The molecule has 2 heterocycles. The molecule has 1 aromatic rings. The third kappa shape index (κ3) is 3.97.